The maximum absolute atomic E-state index is 13.4. The summed E-state index contributed by atoms with van der Waals surface area (Å²) in [5.41, 5.74) is 5.64. The van der Waals surface area contributed by atoms with Gasteiger partial charge in [-0.3, -0.25) is 14.5 Å². The number of anilines is 2. The number of nitrogens with zero attached hydrogens (tertiary/aromatic N) is 2. The van der Waals surface area contributed by atoms with Crippen LogP contribution in [0.3, 0.4) is 0 Å². The van der Waals surface area contributed by atoms with Crippen molar-refractivity contribution in [2.45, 2.75) is 20.8 Å². The highest BCUT2D eigenvalue weighted by Crippen LogP contribution is 2.35. The Kier molecular flexibility index (Phi) is 6.52. The first kappa shape index (κ1) is 23.7. The number of benzene rings is 3. The van der Waals surface area contributed by atoms with Crippen molar-refractivity contribution in [1.29, 1.82) is 0 Å². The van der Waals surface area contributed by atoms with E-state index in [1.165, 1.54) is 11.8 Å². The summed E-state index contributed by atoms with van der Waals surface area (Å²) >= 11 is 1.23. The monoisotopic (exact) mass is 499 g/mol. The van der Waals surface area contributed by atoms with Crippen LogP contribution in [0.1, 0.15) is 22.3 Å². The van der Waals surface area contributed by atoms with Crippen molar-refractivity contribution in [3.05, 3.63) is 88.6 Å². The lowest BCUT2D eigenvalue weighted by Gasteiger charge is -2.18. The molecule has 36 heavy (non-hydrogen) atoms. The number of rotatable bonds is 5. The number of nitrogens with one attached hydrogen (secondary N) is 1. The number of aliphatic imine (C=N–C) groups is 1. The normalized spacial score (nSPS) is 15.4. The average Bonchev–Trinajstić information content (AvgIpc) is 3.45. The third kappa shape index (κ3) is 4.85. The van der Waals surface area contributed by atoms with E-state index in [9.17, 15) is 9.59 Å². The van der Waals surface area contributed by atoms with Crippen LogP contribution >= 0.6 is 11.8 Å². The highest BCUT2D eigenvalue weighted by atomic mass is 32.2. The number of ether oxygens (including phenoxy) is 2. The summed E-state index contributed by atoms with van der Waals surface area (Å²) in [7, 11) is 0. The quantitative estimate of drug-likeness (QED) is 0.472. The minimum absolute atomic E-state index is 0.111. The summed E-state index contributed by atoms with van der Waals surface area (Å²) in [5.74, 6) is 0.996. The molecular formula is C28H25N3O4S. The lowest BCUT2D eigenvalue weighted by atomic mass is 10.1. The molecule has 1 N–H and O–H groups in total. The summed E-state index contributed by atoms with van der Waals surface area (Å²) in [6.07, 6.45) is 1.72. The van der Waals surface area contributed by atoms with E-state index in [0.717, 1.165) is 27.9 Å². The van der Waals surface area contributed by atoms with Gasteiger partial charge in [-0.15, -0.1) is 0 Å². The van der Waals surface area contributed by atoms with Gasteiger partial charge in [0.05, 0.1) is 11.4 Å². The lowest BCUT2D eigenvalue weighted by molar-refractivity contribution is -0.114. The van der Waals surface area contributed by atoms with E-state index in [4.69, 9.17) is 9.47 Å². The number of para-hydroxylation sites is 1. The SMILES string of the molecule is Cc1ccc(N2C(=O)C(=Cc3ccc4c(c3)OCO4)N=C2SCC(=O)Nc2c(C)cccc2C)cc1. The zero-order valence-electron chi connectivity index (χ0n) is 20.2. The fourth-order valence-corrected chi connectivity index (χ4v) is 4.81. The van der Waals surface area contributed by atoms with Gasteiger partial charge >= 0.3 is 0 Å². The highest BCUT2D eigenvalue weighted by molar-refractivity contribution is 8.14. The molecule has 2 aliphatic heterocycles. The van der Waals surface area contributed by atoms with Gasteiger partial charge in [0.1, 0.15) is 5.70 Å². The minimum atomic E-state index is -0.255. The lowest BCUT2D eigenvalue weighted by Crippen LogP contribution is -2.31. The number of hydrogen-bond acceptors (Lipinski definition) is 6. The summed E-state index contributed by atoms with van der Waals surface area (Å²) in [4.78, 5) is 32.4. The molecule has 0 saturated heterocycles. The highest BCUT2D eigenvalue weighted by Gasteiger charge is 2.32. The third-order valence-electron chi connectivity index (χ3n) is 5.90. The van der Waals surface area contributed by atoms with Crippen molar-refractivity contribution in [1.82, 2.24) is 0 Å². The second-order valence-electron chi connectivity index (χ2n) is 8.62. The van der Waals surface area contributed by atoms with Crippen molar-refractivity contribution in [2.24, 2.45) is 4.99 Å². The molecule has 0 aliphatic carbocycles. The number of amidine groups is 1. The maximum atomic E-state index is 13.4. The molecule has 3 aromatic carbocycles. The van der Waals surface area contributed by atoms with E-state index in [0.29, 0.717) is 22.4 Å². The van der Waals surface area contributed by atoms with Crippen LogP contribution in [0.25, 0.3) is 6.08 Å². The molecule has 182 valence electrons. The minimum Gasteiger partial charge on any atom is -0.454 e. The number of amides is 2. The largest absolute Gasteiger partial charge is 0.454 e. The summed E-state index contributed by atoms with van der Waals surface area (Å²) in [6, 6.07) is 19.0. The summed E-state index contributed by atoms with van der Waals surface area (Å²) < 4.78 is 10.8. The van der Waals surface area contributed by atoms with Gasteiger partial charge in [-0.25, -0.2) is 4.99 Å². The first-order valence-electron chi connectivity index (χ1n) is 11.5. The smallest absolute Gasteiger partial charge is 0.283 e. The predicted octanol–water partition coefficient (Wildman–Crippen LogP) is 5.46. The van der Waals surface area contributed by atoms with E-state index in [-0.39, 0.29) is 30.1 Å². The Morgan fingerprint density at radius 2 is 1.75 bits per heavy atom. The zero-order chi connectivity index (χ0) is 25.2. The fraction of sp³-hybridized carbons (Fsp3) is 0.179. The Morgan fingerprint density at radius 1 is 1.03 bits per heavy atom. The number of aryl methyl sites for hydroxylation is 3. The van der Waals surface area contributed by atoms with Gasteiger partial charge in [-0.1, -0.05) is 53.7 Å². The molecule has 0 aromatic heterocycles. The molecule has 0 bridgehead atoms. The van der Waals surface area contributed by atoms with Gasteiger partial charge in [-0.2, -0.15) is 0 Å². The summed E-state index contributed by atoms with van der Waals surface area (Å²) in [6.45, 7) is 6.09. The molecular weight excluding hydrogens is 474 g/mol. The Labute approximate surface area is 213 Å². The molecule has 0 unspecified atom stereocenters. The van der Waals surface area contributed by atoms with Crippen LogP contribution in [0.15, 0.2) is 71.4 Å². The Balaban J connectivity index is 1.40. The van der Waals surface area contributed by atoms with Crippen LogP contribution in [-0.2, 0) is 9.59 Å². The Morgan fingerprint density at radius 3 is 2.50 bits per heavy atom. The van der Waals surface area contributed by atoms with E-state index in [1.54, 1.807) is 11.0 Å². The second-order valence-corrected chi connectivity index (χ2v) is 9.56. The zero-order valence-corrected chi connectivity index (χ0v) is 21.0. The average molecular weight is 500 g/mol. The standard InChI is InChI=1S/C28H25N3O4S/c1-17-7-10-21(11-8-17)31-27(33)22(13-20-9-12-23-24(14-20)35-16-34-23)29-28(31)36-15-25(32)30-26-18(2)5-4-6-19(26)3/h4-14H,15-16H2,1-3H3,(H,30,32). The molecule has 0 saturated carbocycles. The van der Waals surface area contributed by atoms with Crippen LogP contribution in [-0.4, -0.2) is 29.5 Å². The molecule has 0 spiro atoms. The van der Waals surface area contributed by atoms with Gasteiger partial charge in [-0.05, 0) is 67.8 Å². The van der Waals surface area contributed by atoms with Crippen LogP contribution in [0.5, 0.6) is 11.5 Å². The number of hydrogen-bond donors (Lipinski definition) is 1. The molecule has 2 amide bonds. The van der Waals surface area contributed by atoms with Crippen molar-refractivity contribution in [3.8, 4) is 11.5 Å². The van der Waals surface area contributed by atoms with Gasteiger partial charge in [0, 0.05) is 5.69 Å². The van der Waals surface area contributed by atoms with Crippen molar-refractivity contribution in [3.63, 3.8) is 0 Å². The van der Waals surface area contributed by atoms with E-state index < -0.39 is 0 Å². The third-order valence-corrected chi connectivity index (χ3v) is 6.84. The Bertz CT molecular complexity index is 1390. The predicted molar refractivity (Wildman–Crippen MR) is 144 cm³/mol. The van der Waals surface area contributed by atoms with E-state index >= 15 is 0 Å². The van der Waals surface area contributed by atoms with Gasteiger partial charge in [0.2, 0.25) is 12.7 Å². The summed E-state index contributed by atoms with van der Waals surface area (Å²) in [5, 5.41) is 3.44. The van der Waals surface area contributed by atoms with E-state index in [2.05, 4.69) is 10.3 Å². The van der Waals surface area contributed by atoms with Gasteiger partial charge in [0.15, 0.2) is 16.7 Å². The molecule has 7 nitrogen and oxygen atoms in total. The molecule has 3 aromatic rings. The first-order valence-corrected chi connectivity index (χ1v) is 12.5. The maximum Gasteiger partial charge on any atom is 0.283 e. The van der Waals surface area contributed by atoms with Crippen LogP contribution in [0, 0.1) is 20.8 Å². The number of fused-ring (bicyclic) bond motifs is 1. The molecule has 0 fully saturated rings. The fourth-order valence-electron chi connectivity index (χ4n) is 3.99. The van der Waals surface area contributed by atoms with Crippen molar-refractivity contribution < 1.29 is 19.1 Å². The molecule has 0 radical (unpaired) electrons. The molecule has 5 rings (SSSR count). The van der Waals surface area contributed by atoms with Gasteiger partial charge in [0.25, 0.3) is 5.91 Å². The van der Waals surface area contributed by atoms with Crippen LogP contribution < -0.4 is 19.7 Å². The number of thioether (sulfide) groups is 1. The van der Waals surface area contributed by atoms with Gasteiger partial charge < -0.3 is 14.8 Å². The first-order chi connectivity index (χ1) is 17.4. The van der Waals surface area contributed by atoms with Crippen LogP contribution in [0.4, 0.5) is 11.4 Å². The van der Waals surface area contributed by atoms with Crippen molar-refractivity contribution in [2.75, 3.05) is 22.8 Å². The number of carbonyl (C=O) groups excluding carboxylic acids is 2. The topological polar surface area (TPSA) is 80.2 Å². The van der Waals surface area contributed by atoms with E-state index in [1.807, 2.05) is 81.4 Å². The van der Waals surface area contributed by atoms with Crippen molar-refractivity contribution >= 4 is 46.2 Å². The molecule has 8 heteroatoms. The molecule has 0 atom stereocenters. The van der Waals surface area contributed by atoms with Crippen LogP contribution in [0.2, 0.25) is 0 Å². The number of carbonyl (C=O) groups is 2. The molecule has 2 heterocycles. The molecule has 2 aliphatic rings. The second kappa shape index (κ2) is 9.91. The Hall–Kier alpha value is -4.04.